The lowest BCUT2D eigenvalue weighted by Crippen LogP contribution is -2.34. The highest BCUT2D eigenvalue weighted by Gasteiger charge is 2.18. The van der Waals surface area contributed by atoms with E-state index in [-0.39, 0.29) is 5.82 Å². The number of amides is 2. The van der Waals surface area contributed by atoms with Gasteiger partial charge in [-0.15, -0.1) is 0 Å². The average molecular weight is 363 g/mol. The molecule has 0 spiro atoms. The fraction of sp³-hybridized carbons (Fsp3) is 0.318. The molecule has 0 radical (unpaired) electrons. The van der Waals surface area contributed by atoms with Gasteiger partial charge in [-0.1, -0.05) is 30.4 Å². The SMILES string of the molecule is O=C1N=c2ccc(C=CCN3CCC(Cc4ccc(F)cc4)CC3)cc2=N1. The number of carbonyl (C=O) groups is 1. The Kier molecular flexibility index (Phi) is 5.21. The quantitative estimate of drug-likeness (QED) is 0.819. The minimum absolute atomic E-state index is 0.168. The Morgan fingerprint density at radius 3 is 2.56 bits per heavy atom. The monoisotopic (exact) mass is 363 g/mol. The fourth-order valence-electron chi connectivity index (χ4n) is 3.72. The Bertz CT molecular complexity index is 974. The molecule has 0 aromatic heterocycles. The average Bonchev–Trinajstić information content (AvgIpc) is 3.04. The van der Waals surface area contributed by atoms with Crippen LogP contribution in [0.1, 0.15) is 24.0 Å². The number of carbonyl (C=O) groups excluding carboxylic acids is 1. The second-order valence-electron chi connectivity index (χ2n) is 7.23. The van der Waals surface area contributed by atoms with E-state index in [0.29, 0.717) is 16.6 Å². The van der Waals surface area contributed by atoms with E-state index in [9.17, 15) is 9.18 Å². The zero-order valence-electron chi connectivity index (χ0n) is 15.1. The second-order valence-corrected chi connectivity index (χ2v) is 7.23. The normalized spacial score (nSPS) is 17.7. The number of urea groups is 1. The molecule has 4 nitrogen and oxygen atoms in total. The molecular formula is C22H22FN3O. The standard InChI is InChI=1S/C22H22FN3O/c23-19-6-3-17(4-7-19)14-18-9-12-26(13-10-18)11-1-2-16-5-8-20-21(15-16)25-22(27)24-20/h1-8,15,18H,9-14H2. The maximum Gasteiger partial charge on any atom is 0.368 e. The summed E-state index contributed by atoms with van der Waals surface area (Å²) in [6.45, 7) is 3.09. The lowest BCUT2D eigenvalue weighted by atomic mass is 9.90. The minimum Gasteiger partial charge on any atom is -0.300 e. The maximum atomic E-state index is 13.0. The summed E-state index contributed by atoms with van der Waals surface area (Å²) in [7, 11) is 0. The van der Waals surface area contributed by atoms with E-state index in [1.54, 1.807) is 12.1 Å². The van der Waals surface area contributed by atoms with Gasteiger partial charge in [0.2, 0.25) is 0 Å². The summed E-state index contributed by atoms with van der Waals surface area (Å²) in [5.74, 6) is 0.508. The zero-order chi connectivity index (χ0) is 18.6. The molecule has 27 heavy (non-hydrogen) atoms. The molecule has 2 heterocycles. The van der Waals surface area contributed by atoms with E-state index in [1.807, 2.05) is 30.3 Å². The molecule has 1 fully saturated rings. The lowest BCUT2D eigenvalue weighted by molar-refractivity contribution is 0.200. The van der Waals surface area contributed by atoms with Crippen LogP contribution in [0, 0.1) is 11.7 Å². The highest BCUT2D eigenvalue weighted by Crippen LogP contribution is 2.21. The Balaban J connectivity index is 1.26. The van der Waals surface area contributed by atoms with Crippen LogP contribution in [0.2, 0.25) is 0 Å². The van der Waals surface area contributed by atoms with Gasteiger partial charge < -0.3 is 0 Å². The van der Waals surface area contributed by atoms with E-state index >= 15 is 0 Å². The molecule has 1 saturated heterocycles. The first-order valence-electron chi connectivity index (χ1n) is 9.40. The molecule has 2 aliphatic heterocycles. The van der Waals surface area contributed by atoms with Gasteiger partial charge in [0.25, 0.3) is 0 Å². The van der Waals surface area contributed by atoms with Gasteiger partial charge in [0.1, 0.15) is 5.82 Å². The van der Waals surface area contributed by atoms with Crippen molar-refractivity contribution in [3.63, 3.8) is 0 Å². The minimum atomic E-state index is -0.422. The number of piperidine rings is 1. The molecule has 0 N–H and O–H groups in total. The number of halogens is 1. The van der Waals surface area contributed by atoms with Crippen molar-refractivity contribution < 1.29 is 9.18 Å². The van der Waals surface area contributed by atoms with Gasteiger partial charge in [-0.2, -0.15) is 9.98 Å². The molecule has 2 aromatic rings. The molecule has 4 rings (SSSR count). The third kappa shape index (κ3) is 4.55. The van der Waals surface area contributed by atoms with Crippen molar-refractivity contribution >= 4 is 12.1 Å². The van der Waals surface area contributed by atoms with Crippen LogP contribution in [-0.2, 0) is 6.42 Å². The van der Waals surface area contributed by atoms with Crippen LogP contribution < -0.4 is 10.7 Å². The van der Waals surface area contributed by atoms with Gasteiger partial charge in [-0.25, -0.2) is 9.18 Å². The second kappa shape index (κ2) is 7.92. The largest absolute Gasteiger partial charge is 0.368 e. The first-order chi connectivity index (χ1) is 13.2. The third-order valence-electron chi connectivity index (χ3n) is 5.25. The number of hydrogen-bond donors (Lipinski definition) is 0. The molecule has 2 aromatic carbocycles. The molecule has 5 heteroatoms. The van der Waals surface area contributed by atoms with E-state index in [4.69, 9.17) is 0 Å². The Morgan fingerprint density at radius 1 is 1.04 bits per heavy atom. The van der Waals surface area contributed by atoms with Crippen molar-refractivity contribution in [2.24, 2.45) is 15.9 Å². The first kappa shape index (κ1) is 17.7. The number of nitrogens with zero attached hydrogens (tertiary/aromatic N) is 3. The summed E-state index contributed by atoms with van der Waals surface area (Å²) in [6.07, 6.45) is 7.62. The lowest BCUT2D eigenvalue weighted by Gasteiger charge is -2.31. The number of likely N-dealkylation sites (tertiary alicyclic amines) is 1. The van der Waals surface area contributed by atoms with E-state index in [2.05, 4.69) is 27.0 Å². The Morgan fingerprint density at radius 2 is 1.78 bits per heavy atom. The Labute approximate surface area is 157 Å². The van der Waals surface area contributed by atoms with Crippen LogP contribution in [0.25, 0.3) is 6.08 Å². The van der Waals surface area contributed by atoms with Crippen LogP contribution in [0.5, 0.6) is 0 Å². The fourth-order valence-corrected chi connectivity index (χ4v) is 3.72. The van der Waals surface area contributed by atoms with Crippen LogP contribution >= 0.6 is 0 Å². The van der Waals surface area contributed by atoms with Gasteiger partial charge >= 0.3 is 6.03 Å². The molecule has 0 saturated carbocycles. The zero-order valence-corrected chi connectivity index (χ0v) is 15.1. The highest BCUT2D eigenvalue weighted by molar-refractivity contribution is 5.77. The molecule has 0 bridgehead atoms. The summed E-state index contributed by atoms with van der Waals surface area (Å²) in [4.78, 5) is 21.4. The predicted molar refractivity (Wildman–Crippen MR) is 102 cm³/mol. The van der Waals surface area contributed by atoms with Crippen LogP contribution in [0.15, 0.2) is 58.5 Å². The molecule has 2 amide bonds. The molecule has 138 valence electrons. The number of hydrogen-bond acceptors (Lipinski definition) is 2. The highest BCUT2D eigenvalue weighted by atomic mass is 19.1. The number of fused-ring (bicyclic) bond motifs is 1. The van der Waals surface area contributed by atoms with Crippen molar-refractivity contribution in [3.05, 3.63) is 76.2 Å². The first-order valence-corrected chi connectivity index (χ1v) is 9.40. The number of benzene rings is 2. The van der Waals surface area contributed by atoms with Gasteiger partial charge in [0.15, 0.2) is 0 Å². The van der Waals surface area contributed by atoms with Gasteiger partial charge in [0, 0.05) is 6.54 Å². The van der Waals surface area contributed by atoms with Crippen molar-refractivity contribution in [3.8, 4) is 0 Å². The predicted octanol–water partition coefficient (Wildman–Crippen LogP) is 3.17. The van der Waals surface area contributed by atoms with Crippen LogP contribution in [0.4, 0.5) is 9.18 Å². The van der Waals surface area contributed by atoms with Crippen LogP contribution in [-0.4, -0.2) is 30.6 Å². The summed E-state index contributed by atoms with van der Waals surface area (Å²) >= 11 is 0. The molecule has 0 unspecified atom stereocenters. The summed E-state index contributed by atoms with van der Waals surface area (Å²) in [5.41, 5.74) is 2.26. The maximum absolute atomic E-state index is 13.0. The van der Waals surface area contributed by atoms with Crippen molar-refractivity contribution in [1.29, 1.82) is 0 Å². The smallest absolute Gasteiger partial charge is 0.300 e. The topological polar surface area (TPSA) is 45.0 Å². The van der Waals surface area contributed by atoms with E-state index < -0.39 is 6.03 Å². The van der Waals surface area contributed by atoms with Gasteiger partial charge in [-0.05, 0) is 73.7 Å². The van der Waals surface area contributed by atoms with Crippen molar-refractivity contribution in [2.45, 2.75) is 19.3 Å². The van der Waals surface area contributed by atoms with Crippen molar-refractivity contribution in [1.82, 2.24) is 4.90 Å². The molecule has 0 aliphatic carbocycles. The van der Waals surface area contributed by atoms with Gasteiger partial charge in [0.05, 0.1) is 10.7 Å². The third-order valence-corrected chi connectivity index (χ3v) is 5.25. The summed E-state index contributed by atoms with van der Waals surface area (Å²) in [6, 6.07) is 12.2. The Hall–Kier alpha value is -2.66. The van der Waals surface area contributed by atoms with Gasteiger partial charge in [-0.3, -0.25) is 4.90 Å². The van der Waals surface area contributed by atoms with E-state index in [1.165, 1.54) is 18.4 Å². The van der Waals surface area contributed by atoms with Crippen molar-refractivity contribution in [2.75, 3.05) is 19.6 Å². The van der Waals surface area contributed by atoms with E-state index in [0.717, 1.165) is 31.6 Å². The number of rotatable bonds is 5. The molecule has 0 atom stereocenters. The molecule has 2 aliphatic rings. The molecular weight excluding hydrogens is 341 g/mol. The summed E-state index contributed by atoms with van der Waals surface area (Å²) < 4.78 is 13.0. The van der Waals surface area contributed by atoms with Crippen LogP contribution in [0.3, 0.4) is 0 Å². The summed E-state index contributed by atoms with van der Waals surface area (Å²) in [5, 5.41) is 1.31.